The Kier molecular flexibility index (Phi) is 3.93. The van der Waals surface area contributed by atoms with Crippen LogP contribution in [0.4, 0.5) is 0 Å². The van der Waals surface area contributed by atoms with Crippen LogP contribution in [0.5, 0.6) is 0 Å². The van der Waals surface area contributed by atoms with E-state index in [1.165, 1.54) is 0 Å². The van der Waals surface area contributed by atoms with E-state index < -0.39 is 0 Å². The summed E-state index contributed by atoms with van der Waals surface area (Å²) >= 11 is 0. The van der Waals surface area contributed by atoms with Gasteiger partial charge in [-0.25, -0.2) is 0 Å². The van der Waals surface area contributed by atoms with Gasteiger partial charge in [-0.1, -0.05) is 6.92 Å². The summed E-state index contributed by atoms with van der Waals surface area (Å²) in [6.07, 6.45) is 2.94. The van der Waals surface area contributed by atoms with Crippen LogP contribution >= 0.6 is 0 Å². The van der Waals surface area contributed by atoms with Crippen LogP contribution < -0.4 is 5.32 Å². The minimum atomic E-state index is -0.0701. The number of hydrogen-bond acceptors (Lipinski definition) is 2. The van der Waals surface area contributed by atoms with Gasteiger partial charge in [0.2, 0.25) is 11.8 Å². The minimum absolute atomic E-state index is 0.0443. The summed E-state index contributed by atoms with van der Waals surface area (Å²) in [6.45, 7) is 7.87. The van der Waals surface area contributed by atoms with Gasteiger partial charge in [0.1, 0.15) is 0 Å². The lowest BCUT2D eigenvalue weighted by Gasteiger charge is -2.30. The average Bonchev–Trinajstić information content (AvgIpc) is 3.08. The summed E-state index contributed by atoms with van der Waals surface area (Å²) in [5.41, 5.74) is 0. The fourth-order valence-electron chi connectivity index (χ4n) is 2.61. The van der Waals surface area contributed by atoms with E-state index in [4.69, 9.17) is 0 Å². The minimum Gasteiger partial charge on any atom is -0.354 e. The molecule has 1 saturated carbocycles. The molecule has 0 aromatic rings. The molecule has 2 atom stereocenters. The van der Waals surface area contributed by atoms with Crippen molar-refractivity contribution in [2.24, 2.45) is 17.8 Å². The Morgan fingerprint density at radius 1 is 1.17 bits per heavy atom. The van der Waals surface area contributed by atoms with Crippen molar-refractivity contribution in [1.29, 1.82) is 0 Å². The lowest BCUT2D eigenvalue weighted by Crippen LogP contribution is -2.40. The van der Waals surface area contributed by atoms with E-state index >= 15 is 0 Å². The monoisotopic (exact) mass is 252 g/mol. The molecule has 1 N–H and O–H groups in total. The summed E-state index contributed by atoms with van der Waals surface area (Å²) < 4.78 is 0. The molecule has 4 nitrogen and oxygen atoms in total. The molecule has 18 heavy (non-hydrogen) atoms. The predicted molar refractivity (Wildman–Crippen MR) is 69.9 cm³/mol. The fraction of sp³-hybridized carbons (Fsp3) is 0.857. The van der Waals surface area contributed by atoms with Crippen LogP contribution in [0.1, 0.15) is 40.0 Å². The molecule has 0 spiro atoms. The highest BCUT2D eigenvalue weighted by atomic mass is 16.2. The van der Waals surface area contributed by atoms with Crippen LogP contribution in [-0.4, -0.2) is 35.8 Å². The van der Waals surface area contributed by atoms with Crippen LogP contribution in [-0.2, 0) is 9.59 Å². The van der Waals surface area contributed by atoms with Crippen molar-refractivity contribution in [2.75, 3.05) is 13.1 Å². The molecule has 2 unspecified atom stereocenters. The molecule has 2 fully saturated rings. The van der Waals surface area contributed by atoms with Crippen LogP contribution in [0.15, 0.2) is 0 Å². The highest BCUT2D eigenvalue weighted by Crippen LogP contribution is 2.40. The summed E-state index contributed by atoms with van der Waals surface area (Å²) in [4.78, 5) is 25.9. The zero-order valence-electron chi connectivity index (χ0n) is 11.6. The second-order valence-electron chi connectivity index (χ2n) is 6.12. The molecule has 2 rings (SSSR count). The summed E-state index contributed by atoms with van der Waals surface area (Å²) in [7, 11) is 0. The quantitative estimate of drug-likeness (QED) is 0.825. The second kappa shape index (κ2) is 5.29. The van der Waals surface area contributed by atoms with E-state index in [1.54, 1.807) is 0 Å². The number of carbonyl (C=O) groups is 2. The van der Waals surface area contributed by atoms with Crippen molar-refractivity contribution in [3.63, 3.8) is 0 Å². The SMILES string of the molecule is CC1CCN(C(=O)C2CC2C(=O)NC(C)C)CC1. The number of carbonyl (C=O) groups excluding carboxylic acids is 2. The molecule has 0 aromatic heterocycles. The maximum atomic E-state index is 12.2. The molecular formula is C14H24N2O2. The maximum Gasteiger partial charge on any atom is 0.226 e. The first kappa shape index (κ1) is 13.4. The van der Waals surface area contributed by atoms with Crippen molar-refractivity contribution in [3.8, 4) is 0 Å². The molecule has 1 aliphatic carbocycles. The Morgan fingerprint density at radius 2 is 1.78 bits per heavy atom. The van der Waals surface area contributed by atoms with E-state index in [2.05, 4.69) is 12.2 Å². The first-order valence-electron chi connectivity index (χ1n) is 7.08. The number of rotatable bonds is 3. The van der Waals surface area contributed by atoms with Gasteiger partial charge in [0, 0.05) is 19.1 Å². The fourth-order valence-corrected chi connectivity index (χ4v) is 2.61. The zero-order valence-corrected chi connectivity index (χ0v) is 11.6. The molecule has 2 aliphatic rings. The van der Waals surface area contributed by atoms with Gasteiger partial charge in [-0.2, -0.15) is 0 Å². The lowest BCUT2D eigenvalue weighted by atomic mass is 9.99. The number of nitrogens with zero attached hydrogens (tertiary/aromatic N) is 1. The Hall–Kier alpha value is -1.06. The highest BCUT2D eigenvalue weighted by Gasteiger charge is 2.49. The van der Waals surface area contributed by atoms with Crippen LogP contribution in [0.25, 0.3) is 0 Å². The van der Waals surface area contributed by atoms with E-state index in [0.717, 1.165) is 38.3 Å². The number of hydrogen-bond donors (Lipinski definition) is 1. The number of likely N-dealkylation sites (tertiary alicyclic amines) is 1. The largest absolute Gasteiger partial charge is 0.354 e. The molecule has 0 radical (unpaired) electrons. The summed E-state index contributed by atoms with van der Waals surface area (Å²) in [5.74, 6) is 0.865. The molecule has 1 aliphatic heterocycles. The smallest absolute Gasteiger partial charge is 0.226 e. The molecule has 2 amide bonds. The van der Waals surface area contributed by atoms with Gasteiger partial charge >= 0.3 is 0 Å². The van der Waals surface area contributed by atoms with Gasteiger partial charge in [-0.15, -0.1) is 0 Å². The van der Waals surface area contributed by atoms with E-state index in [1.807, 2.05) is 18.7 Å². The average molecular weight is 252 g/mol. The number of piperidine rings is 1. The third kappa shape index (κ3) is 3.03. The van der Waals surface area contributed by atoms with Gasteiger partial charge in [-0.3, -0.25) is 9.59 Å². The first-order chi connectivity index (χ1) is 8.49. The van der Waals surface area contributed by atoms with Gasteiger partial charge in [-0.05, 0) is 39.0 Å². The molecule has 4 heteroatoms. The van der Waals surface area contributed by atoms with E-state index in [0.29, 0.717) is 0 Å². The molecule has 1 saturated heterocycles. The Labute approximate surface area is 109 Å². The van der Waals surface area contributed by atoms with Crippen molar-refractivity contribution in [2.45, 2.75) is 46.1 Å². The summed E-state index contributed by atoms with van der Waals surface area (Å²) in [6, 6.07) is 0.157. The maximum absolute atomic E-state index is 12.2. The predicted octanol–water partition coefficient (Wildman–Crippen LogP) is 1.41. The van der Waals surface area contributed by atoms with Gasteiger partial charge in [0.15, 0.2) is 0 Å². The van der Waals surface area contributed by atoms with Crippen LogP contribution in [0.3, 0.4) is 0 Å². The molecular weight excluding hydrogens is 228 g/mol. The summed E-state index contributed by atoms with van der Waals surface area (Å²) in [5, 5.41) is 2.89. The molecule has 1 heterocycles. The third-order valence-corrected chi connectivity index (χ3v) is 3.97. The first-order valence-corrected chi connectivity index (χ1v) is 7.08. The second-order valence-corrected chi connectivity index (χ2v) is 6.12. The topological polar surface area (TPSA) is 49.4 Å². The number of amides is 2. The van der Waals surface area contributed by atoms with Crippen molar-refractivity contribution < 1.29 is 9.59 Å². The Morgan fingerprint density at radius 3 is 2.33 bits per heavy atom. The van der Waals surface area contributed by atoms with Crippen molar-refractivity contribution in [3.05, 3.63) is 0 Å². The lowest BCUT2D eigenvalue weighted by molar-refractivity contribution is -0.136. The molecule has 102 valence electrons. The third-order valence-electron chi connectivity index (χ3n) is 3.97. The van der Waals surface area contributed by atoms with Gasteiger partial charge < -0.3 is 10.2 Å². The van der Waals surface area contributed by atoms with Gasteiger partial charge in [0.05, 0.1) is 11.8 Å². The molecule has 0 bridgehead atoms. The Bertz CT molecular complexity index is 333. The van der Waals surface area contributed by atoms with Crippen molar-refractivity contribution >= 4 is 11.8 Å². The van der Waals surface area contributed by atoms with Crippen LogP contribution in [0, 0.1) is 17.8 Å². The van der Waals surface area contributed by atoms with E-state index in [9.17, 15) is 9.59 Å². The highest BCUT2D eigenvalue weighted by molar-refractivity contribution is 5.92. The Balaban J connectivity index is 1.80. The van der Waals surface area contributed by atoms with E-state index in [-0.39, 0.29) is 29.7 Å². The van der Waals surface area contributed by atoms with Crippen molar-refractivity contribution in [1.82, 2.24) is 10.2 Å². The molecule has 0 aromatic carbocycles. The standard InChI is InChI=1S/C14H24N2O2/c1-9(2)15-13(17)11-8-12(11)14(18)16-6-4-10(3)5-7-16/h9-12H,4-8H2,1-3H3,(H,15,17). The van der Waals surface area contributed by atoms with Crippen LogP contribution in [0.2, 0.25) is 0 Å². The number of nitrogens with one attached hydrogen (secondary N) is 1. The van der Waals surface area contributed by atoms with Gasteiger partial charge in [0.25, 0.3) is 0 Å². The normalized spacial score (nSPS) is 28.3. The zero-order chi connectivity index (χ0) is 13.3.